The van der Waals surface area contributed by atoms with Gasteiger partial charge in [-0.3, -0.25) is 0 Å². The van der Waals surface area contributed by atoms with Gasteiger partial charge in [0.05, 0.1) is 5.52 Å². The van der Waals surface area contributed by atoms with Crippen LogP contribution in [0.1, 0.15) is 52.0 Å². The van der Waals surface area contributed by atoms with Crippen LogP contribution in [0.25, 0.3) is 10.9 Å². The molecule has 7 heteroatoms. The van der Waals surface area contributed by atoms with E-state index in [1.54, 1.807) is 0 Å². The molecule has 2 N–H and O–H groups in total. The van der Waals surface area contributed by atoms with Gasteiger partial charge in [0.1, 0.15) is 11.4 Å². The van der Waals surface area contributed by atoms with E-state index in [-0.39, 0.29) is 12.1 Å². The number of nitrogens with one attached hydrogen (secondary N) is 2. The Bertz CT molecular complexity index is 867. The summed E-state index contributed by atoms with van der Waals surface area (Å²) in [5, 5.41) is 7.55. The Morgan fingerprint density at radius 1 is 1.10 bits per heavy atom. The lowest BCUT2D eigenvalue weighted by Gasteiger charge is -2.30. The van der Waals surface area contributed by atoms with Crippen molar-refractivity contribution in [2.24, 2.45) is 0 Å². The molecule has 1 amide bonds. The van der Waals surface area contributed by atoms with Crippen molar-refractivity contribution in [3.05, 3.63) is 23.8 Å². The van der Waals surface area contributed by atoms with Crippen molar-refractivity contribution in [3.8, 4) is 0 Å². The Hall–Kier alpha value is -2.57. The molecule has 0 radical (unpaired) electrons. The number of carbonyl (C=O) groups excluding carboxylic acids is 1. The summed E-state index contributed by atoms with van der Waals surface area (Å²) in [5.41, 5.74) is 1.66. The summed E-state index contributed by atoms with van der Waals surface area (Å²) in [7, 11) is 4.00. The number of rotatable bonds is 4. The number of alkyl carbamates (subject to hydrolysis) is 1. The first kappa shape index (κ1) is 21.1. The van der Waals surface area contributed by atoms with Gasteiger partial charge in [0.15, 0.2) is 0 Å². The minimum absolute atomic E-state index is 0.153. The van der Waals surface area contributed by atoms with E-state index in [1.165, 1.54) is 5.56 Å². The number of hydrogen-bond acceptors (Lipinski definition) is 6. The quantitative estimate of drug-likeness (QED) is 0.800. The molecule has 2 aromatic rings. The largest absolute Gasteiger partial charge is 0.444 e. The zero-order valence-electron chi connectivity index (χ0n) is 18.4. The van der Waals surface area contributed by atoms with E-state index in [0.29, 0.717) is 12.0 Å². The maximum absolute atomic E-state index is 12.0. The maximum Gasteiger partial charge on any atom is 0.407 e. The Kier molecular flexibility index (Phi) is 6.15. The van der Waals surface area contributed by atoms with Crippen LogP contribution < -0.4 is 15.5 Å². The van der Waals surface area contributed by atoms with E-state index in [2.05, 4.69) is 29.7 Å². The fraction of sp³-hybridized carbons (Fsp3) is 0.591. The first-order valence-corrected chi connectivity index (χ1v) is 10.3. The smallest absolute Gasteiger partial charge is 0.407 e. The zero-order chi connectivity index (χ0) is 21.2. The van der Waals surface area contributed by atoms with Gasteiger partial charge in [-0.2, -0.15) is 4.98 Å². The summed E-state index contributed by atoms with van der Waals surface area (Å²) in [6, 6.07) is 6.70. The fourth-order valence-electron chi connectivity index (χ4n) is 3.67. The normalized spacial score (nSPS) is 19.7. The summed E-state index contributed by atoms with van der Waals surface area (Å²) in [5.74, 6) is 1.58. The van der Waals surface area contributed by atoms with Crippen molar-refractivity contribution in [2.45, 2.75) is 71.1 Å². The second kappa shape index (κ2) is 8.43. The number of amides is 1. The molecule has 1 fully saturated rings. The van der Waals surface area contributed by atoms with Crippen molar-refractivity contribution in [1.29, 1.82) is 0 Å². The molecule has 0 aliphatic heterocycles. The highest BCUT2D eigenvalue weighted by Gasteiger charge is 2.25. The average molecular weight is 400 g/mol. The molecule has 3 rings (SSSR count). The highest BCUT2D eigenvalue weighted by atomic mass is 16.6. The van der Waals surface area contributed by atoms with Crippen LogP contribution in [0.4, 0.5) is 16.6 Å². The van der Waals surface area contributed by atoms with E-state index in [0.717, 1.165) is 42.4 Å². The van der Waals surface area contributed by atoms with Gasteiger partial charge in [0, 0.05) is 31.6 Å². The van der Waals surface area contributed by atoms with Gasteiger partial charge in [-0.1, -0.05) is 11.6 Å². The van der Waals surface area contributed by atoms with Crippen LogP contribution in [-0.4, -0.2) is 47.8 Å². The molecule has 0 atom stereocenters. The van der Waals surface area contributed by atoms with Crippen LogP contribution in [0.2, 0.25) is 0 Å². The van der Waals surface area contributed by atoms with Crippen LogP contribution >= 0.6 is 0 Å². The third-order valence-corrected chi connectivity index (χ3v) is 5.04. The van der Waals surface area contributed by atoms with Gasteiger partial charge >= 0.3 is 6.09 Å². The van der Waals surface area contributed by atoms with Gasteiger partial charge in [-0.25, -0.2) is 9.78 Å². The third-order valence-electron chi connectivity index (χ3n) is 5.04. The third kappa shape index (κ3) is 5.71. The highest BCUT2D eigenvalue weighted by Crippen LogP contribution is 2.27. The SMILES string of the molecule is Cc1ccc2nc(N[C@H]3CC[C@@H](NC(=O)OC(C)(C)C)CC3)nc(N(C)C)c2c1. The first-order valence-electron chi connectivity index (χ1n) is 10.3. The molecular formula is C22H33N5O2. The molecule has 0 saturated heterocycles. The molecular weight excluding hydrogens is 366 g/mol. The number of benzene rings is 1. The number of ether oxygens (including phenoxy) is 1. The minimum atomic E-state index is -0.473. The van der Waals surface area contributed by atoms with Crippen molar-refractivity contribution in [3.63, 3.8) is 0 Å². The number of carbonyl (C=O) groups is 1. The Balaban J connectivity index is 1.62. The molecule has 0 unspecified atom stereocenters. The number of aryl methyl sites for hydroxylation is 1. The lowest BCUT2D eigenvalue weighted by molar-refractivity contribution is 0.0492. The average Bonchev–Trinajstić information content (AvgIpc) is 2.61. The molecule has 0 spiro atoms. The van der Waals surface area contributed by atoms with Gasteiger partial charge in [0.2, 0.25) is 5.95 Å². The van der Waals surface area contributed by atoms with Gasteiger partial charge in [0.25, 0.3) is 0 Å². The number of fused-ring (bicyclic) bond motifs is 1. The van der Waals surface area contributed by atoms with Crippen LogP contribution in [0.15, 0.2) is 18.2 Å². The minimum Gasteiger partial charge on any atom is -0.444 e. The molecule has 29 heavy (non-hydrogen) atoms. The lowest BCUT2D eigenvalue weighted by atomic mass is 9.91. The van der Waals surface area contributed by atoms with Crippen LogP contribution in [-0.2, 0) is 4.74 Å². The van der Waals surface area contributed by atoms with E-state index in [9.17, 15) is 4.79 Å². The van der Waals surface area contributed by atoms with Crippen molar-refractivity contribution in [1.82, 2.24) is 15.3 Å². The summed E-state index contributed by atoms with van der Waals surface area (Å²) in [4.78, 5) is 23.5. The number of hydrogen-bond donors (Lipinski definition) is 2. The van der Waals surface area contributed by atoms with Crippen molar-refractivity contribution in [2.75, 3.05) is 24.3 Å². The van der Waals surface area contributed by atoms with Gasteiger partial charge < -0.3 is 20.3 Å². The zero-order valence-corrected chi connectivity index (χ0v) is 18.4. The Morgan fingerprint density at radius 3 is 2.38 bits per heavy atom. The van der Waals surface area contributed by atoms with Crippen molar-refractivity contribution >= 4 is 28.8 Å². The van der Waals surface area contributed by atoms with E-state index < -0.39 is 5.60 Å². The molecule has 0 bridgehead atoms. The lowest BCUT2D eigenvalue weighted by Crippen LogP contribution is -2.42. The first-order chi connectivity index (χ1) is 13.6. The van der Waals surface area contributed by atoms with E-state index in [1.807, 2.05) is 45.8 Å². The number of nitrogens with zero attached hydrogens (tertiary/aromatic N) is 3. The standard InChI is InChI=1S/C22H33N5O2/c1-14-7-12-18-17(13-14)19(27(5)6)26-20(25-18)23-15-8-10-16(11-9-15)24-21(28)29-22(2,3)4/h7,12-13,15-16H,8-11H2,1-6H3,(H,24,28)(H,23,25,26)/t15-,16+. The second-order valence-electron chi connectivity index (χ2n) is 9.12. The monoisotopic (exact) mass is 399 g/mol. The van der Waals surface area contributed by atoms with E-state index in [4.69, 9.17) is 14.7 Å². The molecule has 1 aliphatic rings. The highest BCUT2D eigenvalue weighted by molar-refractivity contribution is 5.90. The summed E-state index contributed by atoms with van der Waals surface area (Å²) < 4.78 is 5.36. The number of aromatic nitrogens is 2. The molecule has 1 aliphatic carbocycles. The summed E-state index contributed by atoms with van der Waals surface area (Å²) >= 11 is 0. The maximum atomic E-state index is 12.0. The Labute approximate surface area is 173 Å². The van der Waals surface area contributed by atoms with Crippen molar-refractivity contribution < 1.29 is 9.53 Å². The molecule has 1 aromatic carbocycles. The topological polar surface area (TPSA) is 79.4 Å². The molecule has 158 valence electrons. The molecule has 1 aromatic heterocycles. The molecule has 1 saturated carbocycles. The Morgan fingerprint density at radius 2 is 1.76 bits per heavy atom. The second-order valence-corrected chi connectivity index (χ2v) is 9.12. The van der Waals surface area contributed by atoms with Gasteiger partial charge in [-0.15, -0.1) is 0 Å². The number of anilines is 2. The van der Waals surface area contributed by atoms with Gasteiger partial charge in [-0.05, 0) is 65.5 Å². The fourth-order valence-corrected chi connectivity index (χ4v) is 3.67. The predicted molar refractivity (Wildman–Crippen MR) is 118 cm³/mol. The van der Waals surface area contributed by atoms with Crippen LogP contribution in [0.5, 0.6) is 0 Å². The molecule has 7 nitrogen and oxygen atoms in total. The van der Waals surface area contributed by atoms with Crippen LogP contribution in [0, 0.1) is 6.92 Å². The summed E-state index contributed by atoms with van der Waals surface area (Å²) in [6.45, 7) is 7.70. The van der Waals surface area contributed by atoms with Crippen LogP contribution in [0.3, 0.4) is 0 Å². The molecule has 1 heterocycles. The summed E-state index contributed by atoms with van der Waals surface area (Å²) in [6.07, 6.45) is 3.38. The predicted octanol–water partition coefficient (Wildman–Crippen LogP) is 4.25. The van der Waals surface area contributed by atoms with E-state index >= 15 is 0 Å².